The van der Waals surface area contributed by atoms with Gasteiger partial charge < -0.3 is 9.36 Å². The Hall–Kier alpha value is -1.97. The van der Waals surface area contributed by atoms with E-state index in [1.54, 1.807) is 19.2 Å². The molecule has 2 heterocycles. The van der Waals surface area contributed by atoms with Gasteiger partial charge in [-0.15, -0.1) is 0 Å². The van der Waals surface area contributed by atoms with Crippen molar-refractivity contribution < 1.29 is 22.5 Å². The summed E-state index contributed by atoms with van der Waals surface area (Å²) in [4.78, 5) is 10.6. The first-order valence-corrected chi connectivity index (χ1v) is 7.47. The lowest BCUT2D eigenvalue weighted by Crippen LogP contribution is -2.31. The highest BCUT2D eigenvalue weighted by atomic mass is 19.4. The lowest BCUT2D eigenvalue weighted by Gasteiger charge is -2.16. The van der Waals surface area contributed by atoms with Crippen molar-refractivity contribution in [3.8, 4) is 11.4 Å². The maximum absolute atomic E-state index is 12.5. The molecule has 1 saturated heterocycles. The van der Waals surface area contributed by atoms with Crippen LogP contribution in [0.5, 0.6) is 0 Å². The summed E-state index contributed by atoms with van der Waals surface area (Å²) in [5.41, 5.74) is 4.50. The lowest BCUT2D eigenvalue weighted by molar-refractivity contribution is -0.159. The van der Waals surface area contributed by atoms with Gasteiger partial charge in [0.15, 0.2) is 0 Å². The summed E-state index contributed by atoms with van der Waals surface area (Å²) in [5.74, 6) is -1.41. The van der Waals surface area contributed by atoms with E-state index < -0.39 is 12.1 Å². The second-order valence-electron chi connectivity index (χ2n) is 5.66. The fourth-order valence-corrected chi connectivity index (χ4v) is 2.71. The van der Waals surface area contributed by atoms with Gasteiger partial charge in [0.1, 0.15) is 0 Å². The molecule has 1 unspecified atom stereocenters. The van der Waals surface area contributed by atoms with Gasteiger partial charge in [0.05, 0.1) is 7.11 Å². The van der Waals surface area contributed by atoms with Gasteiger partial charge in [-0.2, -0.15) is 23.6 Å². The van der Waals surface area contributed by atoms with Crippen molar-refractivity contribution in [1.29, 1.82) is 0 Å². The molecule has 1 N–H and O–H groups in total. The quantitative estimate of drug-likeness (QED) is 0.843. The zero-order valence-electron chi connectivity index (χ0n) is 13.0. The number of hydrogen-bond donors (Lipinski definition) is 1. The van der Waals surface area contributed by atoms with Gasteiger partial charge in [0.25, 0.3) is 0 Å². The summed E-state index contributed by atoms with van der Waals surface area (Å²) in [5, 5.41) is 3.38. The number of alkyl halides is 3. The fourth-order valence-electron chi connectivity index (χ4n) is 2.71. The molecule has 1 aliphatic rings. The van der Waals surface area contributed by atoms with E-state index in [-0.39, 0.29) is 5.82 Å². The number of likely N-dealkylation sites (tertiary alicyclic amines) is 1. The minimum atomic E-state index is -4.63. The highest BCUT2D eigenvalue weighted by molar-refractivity contribution is 5.54. The maximum Gasteiger partial charge on any atom is 0.471 e. The molecule has 130 valence electrons. The SMILES string of the molecule is CONC1CCN(Cc2ccc(-c3noc(C(F)(F)F)n3)cc2)C1. The number of hydroxylamine groups is 1. The molecule has 0 amide bonds. The van der Waals surface area contributed by atoms with Crippen LogP contribution in [0.4, 0.5) is 13.2 Å². The molecule has 0 bridgehead atoms. The predicted octanol–water partition coefficient (Wildman–Crippen LogP) is 2.48. The minimum Gasteiger partial charge on any atom is -0.329 e. The number of aromatic nitrogens is 2. The number of halogens is 3. The van der Waals surface area contributed by atoms with E-state index in [9.17, 15) is 13.2 Å². The molecule has 24 heavy (non-hydrogen) atoms. The van der Waals surface area contributed by atoms with E-state index in [1.807, 2.05) is 12.1 Å². The molecule has 1 fully saturated rings. The molecule has 6 nitrogen and oxygen atoms in total. The summed E-state index contributed by atoms with van der Waals surface area (Å²) in [7, 11) is 1.60. The third-order valence-corrected chi connectivity index (χ3v) is 3.84. The van der Waals surface area contributed by atoms with E-state index in [4.69, 9.17) is 4.84 Å². The zero-order chi connectivity index (χ0) is 17.2. The van der Waals surface area contributed by atoms with Crippen molar-refractivity contribution in [2.45, 2.75) is 25.2 Å². The Kier molecular flexibility index (Phi) is 4.83. The first-order chi connectivity index (χ1) is 11.5. The van der Waals surface area contributed by atoms with Gasteiger partial charge in [-0.1, -0.05) is 29.4 Å². The van der Waals surface area contributed by atoms with E-state index in [2.05, 4.69) is 25.0 Å². The summed E-state index contributed by atoms with van der Waals surface area (Å²) in [6.45, 7) is 2.61. The molecule has 1 aliphatic heterocycles. The van der Waals surface area contributed by atoms with Crippen molar-refractivity contribution in [1.82, 2.24) is 20.5 Å². The highest BCUT2D eigenvalue weighted by Crippen LogP contribution is 2.29. The summed E-state index contributed by atoms with van der Waals surface area (Å²) < 4.78 is 41.7. The average molecular weight is 342 g/mol. The largest absolute Gasteiger partial charge is 0.471 e. The van der Waals surface area contributed by atoms with Crippen LogP contribution in [-0.2, 0) is 17.6 Å². The Morgan fingerprint density at radius 1 is 1.33 bits per heavy atom. The van der Waals surface area contributed by atoms with Crippen molar-refractivity contribution in [3.05, 3.63) is 35.7 Å². The van der Waals surface area contributed by atoms with Crippen LogP contribution in [0.1, 0.15) is 17.9 Å². The van der Waals surface area contributed by atoms with Crippen LogP contribution in [0, 0.1) is 0 Å². The summed E-state index contributed by atoms with van der Waals surface area (Å²) >= 11 is 0. The Balaban J connectivity index is 1.63. The molecular weight excluding hydrogens is 325 g/mol. The average Bonchev–Trinajstić information content (AvgIpc) is 3.18. The van der Waals surface area contributed by atoms with E-state index in [0.29, 0.717) is 11.6 Å². The molecule has 0 aliphatic carbocycles. The van der Waals surface area contributed by atoms with Crippen LogP contribution in [0.3, 0.4) is 0 Å². The first-order valence-electron chi connectivity index (χ1n) is 7.47. The third-order valence-electron chi connectivity index (χ3n) is 3.84. The Morgan fingerprint density at radius 3 is 2.71 bits per heavy atom. The topological polar surface area (TPSA) is 63.4 Å². The molecule has 0 spiro atoms. The van der Waals surface area contributed by atoms with E-state index in [0.717, 1.165) is 31.6 Å². The molecule has 1 atom stereocenters. The van der Waals surface area contributed by atoms with Crippen molar-refractivity contribution in [2.24, 2.45) is 0 Å². The Bertz CT molecular complexity index is 672. The van der Waals surface area contributed by atoms with E-state index >= 15 is 0 Å². The number of benzene rings is 1. The van der Waals surface area contributed by atoms with Crippen LogP contribution < -0.4 is 5.48 Å². The normalized spacial score (nSPS) is 19.1. The number of hydrogen-bond acceptors (Lipinski definition) is 6. The Morgan fingerprint density at radius 2 is 2.08 bits per heavy atom. The van der Waals surface area contributed by atoms with E-state index in [1.165, 1.54) is 0 Å². The van der Waals surface area contributed by atoms with Crippen molar-refractivity contribution >= 4 is 0 Å². The van der Waals surface area contributed by atoms with Crippen LogP contribution in [0.25, 0.3) is 11.4 Å². The van der Waals surface area contributed by atoms with Crippen LogP contribution in [0.2, 0.25) is 0 Å². The van der Waals surface area contributed by atoms with Gasteiger partial charge >= 0.3 is 12.1 Å². The van der Waals surface area contributed by atoms with Crippen molar-refractivity contribution in [3.63, 3.8) is 0 Å². The lowest BCUT2D eigenvalue weighted by atomic mass is 10.1. The molecule has 1 aromatic carbocycles. The van der Waals surface area contributed by atoms with Gasteiger partial charge in [-0.05, 0) is 12.0 Å². The smallest absolute Gasteiger partial charge is 0.329 e. The van der Waals surface area contributed by atoms with Gasteiger partial charge in [0, 0.05) is 31.2 Å². The zero-order valence-corrected chi connectivity index (χ0v) is 13.0. The molecule has 0 radical (unpaired) electrons. The Labute approximate surface area is 136 Å². The summed E-state index contributed by atoms with van der Waals surface area (Å²) in [6, 6.07) is 7.42. The maximum atomic E-state index is 12.5. The molecule has 9 heteroatoms. The molecular formula is C15H17F3N4O2. The minimum absolute atomic E-state index is 0.0700. The molecule has 0 saturated carbocycles. The monoisotopic (exact) mass is 342 g/mol. The second-order valence-corrected chi connectivity index (χ2v) is 5.66. The van der Waals surface area contributed by atoms with Crippen LogP contribution in [-0.4, -0.2) is 41.3 Å². The van der Waals surface area contributed by atoms with Crippen molar-refractivity contribution in [2.75, 3.05) is 20.2 Å². The number of nitrogens with zero attached hydrogens (tertiary/aromatic N) is 3. The van der Waals surface area contributed by atoms with Gasteiger partial charge in [0.2, 0.25) is 5.82 Å². The van der Waals surface area contributed by atoms with Crippen LogP contribution in [0.15, 0.2) is 28.8 Å². The number of rotatable bonds is 5. The fraction of sp³-hybridized carbons (Fsp3) is 0.467. The first kappa shape index (κ1) is 16.9. The number of nitrogens with one attached hydrogen (secondary N) is 1. The molecule has 3 rings (SSSR count). The van der Waals surface area contributed by atoms with Crippen LogP contribution >= 0.6 is 0 Å². The second kappa shape index (κ2) is 6.88. The standard InChI is InChI=1S/C15H17F3N4O2/c1-23-20-12-6-7-22(9-12)8-10-2-4-11(5-3-10)13-19-14(24-21-13)15(16,17)18/h2-5,12,20H,6-9H2,1H3. The highest BCUT2D eigenvalue weighted by Gasteiger charge is 2.38. The predicted molar refractivity (Wildman–Crippen MR) is 78.6 cm³/mol. The van der Waals surface area contributed by atoms with Gasteiger partial charge in [-0.25, -0.2) is 0 Å². The van der Waals surface area contributed by atoms with Gasteiger partial charge in [-0.3, -0.25) is 4.90 Å². The molecule has 1 aromatic heterocycles. The molecule has 2 aromatic rings. The third kappa shape index (κ3) is 3.92. The summed E-state index contributed by atoms with van der Waals surface area (Å²) in [6.07, 6.45) is -3.62.